The Morgan fingerprint density at radius 3 is 1.59 bits per heavy atom. The fraction of sp³-hybridized carbons (Fsp3) is 0.188. The first-order valence-corrected chi connectivity index (χ1v) is 11.8. The quantitative estimate of drug-likeness (QED) is 0.211. The van der Waals surface area contributed by atoms with Gasteiger partial charge in [0.2, 0.25) is 11.6 Å². The Labute approximate surface area is 202 Å². The third-order valence-electron chi connectivity index (χ3n) is 6.31. The van der Waals surface area contributed by atoms with Gasteiger partial charge in [-0.3, -0.25) is 9.59 Å². The molecule has 0 aliphatic carbocycles. The molecule has 0 aliphatic heterocycles. The minimum atomic E-state index is -0.493. The molecule has 2 heteroatoms. The first-order valence-electron chi connectivity index (χ1n) is 11.8. The van der Waals surface area contributed by atoms with Gasteiger partial charge in [0.1, 0.15) is 0 Å². The molecule has 2 nitrogen and oxygen atoms in total. The molecule has 0 unspecified atom stereocenters. The van der Waals surface area contributed by atoms with Crippen LogP contribution in [0.1, 0.15) is 71.4 Å². The van der Waals surface area contributed by atoms with Crippen molar-refractivity contribution in [1.82, 2.24) is 0 Å². The Morgan fingerprint density at radius 1 is 0.529 bits per heavy atom. The van der Waals surface area contributed by atoms with Crippen molar-refractivity contribution in [3.05, 3.63) is 119 Å². The van der Waals surface area contributed by atoms with Gasteiger partial charge in [0.05, 0.1) is 0 Å². The minimum Gasteiger partial charge on any atom is -0.285 e. The van der Waals surface area contributed by atoms with E-state index in [1.807, 2.05) is 18.2 Å². The molecule has 0 amide bonds. The van der Waals surface area contributed by atoms with Crippen LogP contribution in [0.2, 0.25) is 0 Å². The highest BCUT2D eigenvalue weighted by molar-refractivity contribution is 6.50. The summed E-state index contributed by atoms with van der Waals surface area (Å²) in [5, 5.41) is 0. The van der Waals surface area contributed by atoms with Crippen molar-refractivity contribution in [2.45, 2.75) is 39.5 Å². The number of ketones is 2. The molecule has 0 spiro atoms. The van der Waals surface area contributed by atoms with E-state index >= 15 is 0 Å². The zero-order valence-corrected chi connectivity index (χ0v) is 20.2. The molecule has 0 saturated carbocycles. The molecule has 0 radical (unpaired) electrons. The Kier molecular flexibility index (Phi) is 6.88. The number of benzene rings is 4. The molecule has 170 valence electrons. The smallest absolute Gasteiger partial charge is 0.234 e. The van der Waals surface area contributed by atoms with Gasteiger partial charge in [0.25, 0.3) is 0 Å². The summed E-state index contributed by atoms with van der Waals surface area (Å²) >= 11 is 0. The molecule has 0 fully saturated rings. The summed E-state index contributed by atoms with van der Waals surface area (Å²) in [5.41, 5.74) is 7.01. The van der Waals surface area contributed by atoms with E-state index in [1.54, 1.807) is 30.3 Å². The Hall–Kier alpha value is -3.78. The van der Waals surface area contributed by atoms with Crippen molar-refractivity contribution in [3.63, 3.8) is 0 Å². The fourth-order valence-corrected chi connectivity index (χ4v) is 4.22. The average Bonchev–Trinajstić information content (AvgIpc) is 2.88. The maximum atomic E-state index is 13.5. The van der Waals surface area contributed by atoms with Crippen molar-refractivity contribution in [3.8, 4) is 22.3 Å². The molecular weight excluding hydrogens is 416 g/mol. The van der Waals surface area contributed by atoms with Crippen LogP contribution in [0.3, 0.4) is 0 Å². The second-order valence-corrected chi connectivity index (χ2v) is 9.31. The number of hydrogen-bond acceptors (Lipinski definition) is 2. The van der Waals surface area contributed by atoms with Crippen LogP contribution >= 0.6 is 0 Å². The van der Waals surface area contributed by atoms with E-state index in [2.05, 4.69) is 76.2 Å². The third-order valence-corrected chi connectivity index (χ3v) is 6.31. The summed E-state index contributed by atoms with van der Waals surface area (Å²) in [6, 6.07) is 31.2. The molecule has 34 heavy (non-hydrogen) atoms. The monoisotopic (exact) mass is 446 g/mol. The highest BCUT2D eigenvalue weighted by Gasteiger charge is 2.24. The minimum absolute atomic E-state index is 0.403. The van der Waals surface area contributed by atoms with E-state index in [0.717, 1.165) is 22.3 Å². The molecule has 0 N–H and O–H groups in total. The fourth-order valence-electron chi connectivity index (χ4n) is 4.22. The lowest BCUT2D eigenvalue weighted by molar-refractivity contribution is 0.0817. The SMILES string of the molecule is CC(C)c1ccc(-c2cccc(C(=O)C(=O)c3ccccc3)c2-c2ccc(C(C)C)cc2)cc1. The van der Waals surface area contributed by atoms with Gasteiger partial charge in [0, 0.05) is 16.7 Å². The number of hydrogen-bond donors (Lipinski definition) is 0. The molecule has 4 aromatic carbocycles. The number of carbonyl (C=O) groups is 2. The molecule has 0 saturated heterocycles. The van der Waals surface area contributed by atoms with Crippen molar-refractivity contribution in [2.24, 2.45) is 0 Å². The van der Waals surface area contributed by atoms with Gasteiger partial charge < -0.3 is 0 Å². The van der Waals surface area contributed by atoms with Gasteiger partial charge in [-0.05, 0) is 39.7 Å². The van der Waals surface area contributed by atoms with E-state index in [1.165, 1.54) is 11.1 Å². The summed E-state index contributed by atoms with van der Waals surface area (Å²) in [5.74, 6) is -0.134. The first-order chi connectivity index (χ1) is 16.4. The van der Waals surface area contributed by atoms with Gasteiger partial charge in [-0.15, -0.1) is 0 Å². The Morgan fingerprint density at radius 2 is 1.06 bits per heavy atom. The highest BCUT2D eigenvalue weighted by Crippen LogP contribution is 2.37. The summed E-state index contributed by atoms with van der Waals surface area (Å²) < 4.78 is 0. The maximum absolute atomic E-state index is 13.5. The molecule has 0 aliphatic rings. The van der Waals surface area contributed by atoms with Crippen molar-refractivity contribution < 1.29 is 9.59 Å². The third kappa shape index (κ3) is 4.77. The zero-order valence-electron chi connectivity index (χ0n) is 20.2. The van der Waals surface area contributed by atoms with E-state index in [4.69, 9.17) is 0 Å². The summed E-state index contributed by atoms with van der Waals surface area (Å²) in [6.07, 6.45) is 0. The van der Waals surface area contributed by atoms with Gasteiger partial charge in [-0.25, -0.2) is 0 Å². The van der Waals surface area contributed by atoms with Gasteiger partial charge >= 0.3 is 0 Å². The first kappa shape index (κ1) is 23.4. The molecule has 4 rings (SSSR count). The number of carbonyl (C=O) groups excluding carboxylic acids is 2. The van der Waals surface area contributed by atoms with Crippen LogP contribution in [0, 0.1) is 0 Å². The molecule has 0 aromatic heterocycles. The summed E-state index contributed by atoms with van der Waals surface area (Å²) in [4.78, 5) is 26.6. The zero-order chi connectivity index (χ0) is 24.2. The van der Waals surface area contributed by atoms with Crippen molar-refractivity contribution >= 4 is 11.6 Å². The lowest BCUT2D eigenvalue weighted by Crippen LogP contribution is -2.16. The molecular formula is C32H30O2. The molecule has 4 aromatic rings. The standard InChI is InChI=1S/C32H30O2/c1-21(2)23-13-17-25(18-14-23)28-11-8-12-29(32(34)31(33)27-9-6-5-7-10-27)30(28)26-19-15-24(16-20-26)22(3)4/h5-22H,1-4H3. The van der Waals surface area contributed by atoms with Gasteiger partial charge in [0.15, 0.2) is 0 Å². The normalized spacial score (nSPS) is 11.1. The topological polar surface area (TPSA) is 34.1 Å². The largest absolute Gasteiger partial charge is 0.285 e. The molecule has 0 atom stereocenters. The van der Waals surface area contributed by atoms with Crippen molar-refractivity contribution in [1.29, 1.82) is 0 Å². The average molecular weight is 447 g/mol. The van der Waals surface area contributed by atoms with E-state index < -0.39 is 11.6 Å². The van der Waals surface area contributed by atoms with Crippen molar-refractivity contribution in [2.75, 3.05) is 0 Å². The summed E-state index contributed by atoms with van der Waals surface area (Å²) in [6.45, 7) is 8.66. The van der Waals surface area contributed by atoms with Crippen LogP contribution in [-0.4, -0.2) is 11.6 Å². The summed E-state index contributed by atoms with van der Waals surface area (Å²) in [7, 11) is 0. The van der Waals surface area contributed by atoms with Crippen LogP contribution in [0.4, 0.5) is 0 Å². The lowest BCUT2D eigenvalue weighted by Gasteiger charge is -2.16. The lowest BCUT2D eigenvalue weighted by atomic mass is 9.86. The van der Waals surface area contributed by atoms with Crippen LogP contribution in [-0.2, 0) is 0 Å². The number of Topliss-reactive ketones (excluding diaryl/α,β-unsaturated/α-hetero) is 2. The predicted molar refractivity (Wildman–Crippen MR) is 141 cm³/mol. The number of rotatable bonds is 7. The predicted octanol–water partition coefficient (Wildman–Crippen LogP) is 8.33. The van der Waals surface area contributed by atoms with Gasteiger partial charge in [-0.2, -0.15) is 0 Å². The molecule has 0 heterocycles. The van der Waals surface area contributed by atoms with Crippen LogP contribution in [0.5, 0.6) is 0 Å². The second-order valence-electron chi connectivity index (χ2n) is 9.31. The van der Waals surface area contributed by atoms with Crippen LogP contribution < -0.4 is 0 Å². The molecule has 0 bridgehead atoms. The van der Waals surface area contributed by atoms with Gasteiger partial charge in [-0.1, -0.05) is 125 Å². The highest BCUT2D eigenvalue weighted by atomic mass is 16.2. The van der Waals surface area contributed by atoms with Crippen LogP contribution in [0.15, 0.2) is 97.1 Å². The van der Waals surface area contributed by atoms with E-state index in [9.17, 15) is 9.59 Å². The van der Waals surface area contributed by atoms with E-state index in [-0.39, 0.29) is 0 Å². The Balaban J connectivity index is 1.88. The second kappa shape index (κ2) is 10.0. The van der Waals surface area contributed by atoms with E-state index in [0.29, 0.717) is 23.0 Å². The van der Waals surface area contributed by atoms with Crippen LogP contribution in [0.25, 0.3) is 22.3 Å². The Bertz CT molecular complexity index is 1300. The maximum Gasteiger partial charge on any atom is 0.234 e.